The minimum Gasteiger partial charge on any atom is -0.480 e. The zero-order valence-corrected chi connectivity index (χ0v) is 18.5. The first-order valence-electron chi connectivity index (χ1n) is 10.4. The standard InChI is InChI=1S/C19H36N6O7/c1-10(2)7-13(24-16(28)11(21)9-26)17(29)25-14(8-15(22)27)18(30)23-12(19(31)32)5-3-4-6-20/h10-14,26H,3-9,20-21H2,1-2H3,(H2,22,27)(H,23,30)(H,24,28)(H,25,29)(H,31,32). The molecule has 4 amide bonds. The molecule has 0 heterocycles. The second kappa shape index (κ2) is 15.1. The molecule has 0 aromatic carbocycles. The number of carboxylic acids is 1. The van der Waals surface area contributed by atoms with E-state index in [2.05, 4.69) is 16.0 Å². The van der Waals surface area contributed by atoms with Crippen LogP contribution in [0.3, 0.4) is 0 Å². The molecule has 184 valence electrons. The summed E-state index contributed by atoms with van der Waals surface area (Å²) in [7, 11) is 0. The van der Waals surface area contributed by atoms with Gasteiger partial charge in [0.1, 0.15) is 24.2 Å². The molecule has 4 atom stereocenters. The molecule has 32 heavy (non-hydrogen) atoms. The third kappa shape index (κ3) is 11.6. The fraction of sp³-hybridized carbons (Fsp3) is 0.737. The number of hydrogen-bond acceptors (Lipinski definition) is 8. The molecule has 0 spiro atoms. The molecule has 13 nitrogen and oxygen atoms in total. The van der Waals surface area contributed by atoms with E-state index in [1.165, 1.54) is 0 Å². The van der Waals surface area contributed by atoms with Gasteiger partial charge in [-0.25, -0.2) is 4.79 Å². The summed E-state index contributed by atoms with van der Waals surface area (Å²) in [4.78, 5) is 60.3. The highest BCUT2D eigenvalue weighted by atomic mass is 16.4. The average molecular weight is 461 g/mol. The van der Waals surface area contributed by atoms with Gasteiger partial charge in [0.25, 0.3) is 0 Å². The summed E-state index contributed by atoms with van der Waals surface area (Å²) < 4.78 is 0. The van der Waals surface area contributed by atoms with Gasteiger partial charge in [-0.3, -0.25) is 19.2 Å². The molecular weight excluding hydrogens is 424 g/mol. The molecule has 0 aliphatic rings. The van der Waals surface area contributed by atoms with Crippen molar-refractivity contribution in [3.05, 3.63) is 0 Å². The van der Waals surface area contributed by atoms with E-state index in [1.807, 2.05) is 0 Å². The number of primary amides is 1. The number of aliphatic hydroxyl groups is 1. The number of rotatable bonds is 16. The SMILES string of the molecule is CC(C)CC(NC(=O)C(N)CO)C(=O)NC(CC(N)=O)C(=O)NC(CCCCN)C(=O)O. The topological polar surface area (TPSA) is 240 Å². The van der Waals surface area contributed by atoms with Crippen LogP contribution in [0, 0.1) is 5.92 Å². The maximum atomic E-state index is 12.8. The van der Waals surface area contributed by atoms with Crippen LogP contribution in [0.25, 0.3) is 0 Å². The maximum absolute atomic E-state index is 12.8. The van der Waals surface area contributed by atoms with Crippen LogP contribution in [0.5, 0.6) is 0 Å². The van der Waals surface area contributed by atoms with Gasteiger partial charge in [-0.1, -0.05) is 13.8 Å². The second-order valence-electron chi connectivity index (χ2n) is 7.90. The van der Waals surface area contributed by atoms with Gasteiger partial charge < -0.3 is 43.4 Å². The summed E-state index contributed by atoms with van der Waals surface area (Å²) in [6, 6.07) is -5.04. The van der Waals surface area contributed by atoms with E-state index in [0.717, 1.165) is 0 Å². The first-order valence-corrected chi connectivity index (χ1v) is 10.4. The molecule has 0 radical (unpaired) electrons. The lowest BCUT2D eigenvalue weighted by Gasteiger charge is -2.25. The zero-order chi connectivity index (χ0) is 24.8. The Bertz CT molecular complexity index is 658. The lowest BCUT2D eigenvalue weighted by Crippen LogP contribution is -2.58. The Morgan fingerprint density at radius 1 is 0.875 bits per heavy atom. The molecule has 0 fully saturated rings. The molecule has 0 saturated heterocycles. The van der Waals surface area contributed by atoms with Crippen LogP contribution in [0.1, 0.15) is 46.0 Å². The van der Waals surface area contributed by atoms with Crippen LogP contribution in [0.2, 0.25) is 0 Å². The first kappa shape index (κ1) is 29.2. The van der Waals surface area contributed by atoms with Gasteiger partial charge in [-0.05, 0) is 38.1 Å². The third-order valence-corrected chi connectivity index (χ3v) is 4.47. The number of aliphatic hydroxyl groups excluding tert-OH is 1. The Morgan fingerprint density at radius 2 is 1.41 bits per heavy atom. The minimum atomic E-state index is -1.45. The van der Waals surface area contributed by atoms with E-state index in [1.54, 1.807) is 13.8 Å². The van der Waals surface area contributed by atoms with Crippen molar-refractivity contribution >= 4 is 29.6 Å². The van der Waals surface area contributed by atoms with Gasteiger partial charge in [0.05, 0.1) is 13.0 Å². The molecule has 4 unspecified atom stereocenters. The second-order valence-corrected chi connectivity index (χ2v) is 7.90. The Kier molecular flexibility index (Phi) is 13.8. The number of unbranched alkanes of at least 4 members (excludes halogenated alkanes) is 1. The molecule has 0 aliphatic carbocycles. The molecule has 0 rings (SSSR count). The summed E-state index contributed by atoms with van der Waals surface area (Å²) in [5.74, 6) is -4.67. The van der Waals surface area contributed by atoms with Crippen LogP contribution in [0.15, 0.2) is 0 Å². The molecule has 0 bridgehead atoms. The van der Waals surface area contributed by atoms with E-state index in [9.17, 15) is 29.1 Å². The smallest absolute Gasteiger partial charge is 0.326 e. The van der Waals surface area contributed by atoms with Crippen molar-refractivity contribution in [2.45, 2.75) is 70.1 Å². The number of amides is 4. The lowest BCUT2D eigenvalue weighted by atomic mass is 10.0. The predicted molar refractivity (Wildman–Crippen MR) is 115 cm³/mol. The number of aliphatic carboxylic acids is 1. The van der Waals surface area contributed by atoms with Crippen LogP contribution in [-0.2, 0) is 24.0 Å². The molecule has 0 saturated carbocycles. The number of carbonyl (C=O) groups is 5. The summed E-state index contributed by atoms with van der Waals surface area (Å²) in [6.45, 7) is 3.33. The van der Waals surface area contributed by atoms with Crippen molar-refractivity contribution in [1.29, 1.82) is 0 Å². The van der Waals surface area contributed by atoms with E-state index < -0.39 is 66.8 Å². The highest BCUT2D eigenvalue weighted by Gasteiger charge is 2.31. The quantitative estimate of drug-likeness (QED) is 0.109. The average Bonchev–Trinajstić information content (AvgIpc) is 2.70. The minimum absolute atomic E-state index is 0.0428. The van der Waals surface area contributed by atoms with Crippen LogP contribution in [0.4, 0.5) is 0 Å². The highest BCUT2D eigenvalue weighted by Crippen LogP contribution is 2.07. The third-order valence-electron chi connectivity index (χ3n) is 4.47. The Morgan fingerprint density at radius 3 is 1.88 bits per heavy atom. The molecule has 0 aliphatic heterocycles. The van der Waals surface area contributed by atoms with Gasteiger partial charge >= 0.3 is 5.97 Å². The molecule has 0 aromatic rings. The Hall–Kier alpha value is -2.77. The number of nitrogens with two attached hydrogens (primary N) is 3. The van der Waals surface area contributed by atoms with Gasteiger partial charge in [-0.15, -0.1) is 0 Å². The Balaban J connectivity index is 5.42. The van der Waals surface area contributed by atoms with Crippen LogP contribution < -0.4 is 33.2 Å². The molecule has 13 heteroatoms. The number of carbonyl (C=O) groups excluding carboxylic acids is 4. The summed E-state index contributed by atoms with van der Waals surface area (Å²) in [6.07, 6.45) is 0.727. The van der Waals surface area contributed by atoms with E-state index in [4.69, 9.17) is 22.3 Å². The zero-order valence-electron chi connectivity index (χ0n) is 18.5. The normalized spacial score (nSPS) is 14.7. The van der Waals surface area contributed by atoms with Gasteiger partial charge in [0.15, 0.2) is 0 Å². The van der Waals surface area contributed by atoms with E-state index in [-0.39, 0.29) is 18.8 Å². The fourth-order valence-corrected chi connectivity index (χ4v) is 2.77. The largest absolute Gasteiger partial charge is 0.480 e. The van der Waals surface area contributed by atoms with Crippen molar-refractivity contribution in [2.24, 2.45) is 23.1 Å². The summed E-state index contributed by atoms with van der Waals surface area (Å²) in [5, 5.41) is 25.4. The molecule has 11 N–H and O–H groups in total. The predicted octanol–water partition coefficient (Wildman–Crippen LogP) is -3.10. The maximum Gasteiger partial charge on any atom is 0.326 e. The molecular formula is C19H36N6O7. The van der Waals surface area contributed by atoms with Crippen molar-refractivity contribution < 1.29 is 34.2 Å². The van der Waals surface area contributed by atoms with Gasteiger partial charge in [-0.2, -0.15) is 0 Å². The summed E-state index contributed by atoms with van der Waals surface area (Å²) >= 11 is 0. The fourth-order valence-electron chi connectivity index (χ4n) is 2.77. The Labute approximate surface area is 186 Å². The monoisotopic (exact) mass is 460 g/mol. The summed E-state index contributed by atoms with van der Waals surface area (Å²) in [5.41, 5.74) is 16.0. The van der Waals surface area contributed by atoms with Gasteiger partial charge in [0.2, 0.25) is 23.6 Å². The first-order chi connectivity index (χ1) is 14.9. The van der Waals surface area contributed by atoms with Gasteiger partial charge in [0, 0.05) is 0 Å². The van der Waals surface area contributed by atoms with Crippen molar-refractivity contribution in [3.63, 3.8) is 0 Å². The highest BCUT2D eigenvalue weighted by molar-refractivity contribution is 5.96. The van der Waals surface area contributed by atoms with Crippen molar-refractivity contribution in [3.8, 4) is 0 Å². The van der Waals surface area contributed by atoms with Crippen molar-refractivity contribution in [1.82, 2.24) is 16.0 Å². The molecule has 0 aromatic heterocycles. The van der Waals surface area contributed by atoms with Crippen molar-refractivity contribution in [2.75, 3.05) is 13.2 Å². The number of nitrogens with one attached hydrogen (secondary N) is 3. The lowest BCUT2D eigenvalue weighted by molar-refractivity contribution is -0.142. The van der Waals surface area contributed by atoms with Crippen LogP contribution >= 0.6 is 0 Å². The van der Waals surface area contributed by atoms with Crippen LogP contribution in [-0.4, -0.2) is 77.1 Å². The number of carboxylic acid groups (broad SMARTS) is 1. The van der Waals surface area contributed by atoms with E-state index >= 15 is 0 Å². The number of hydrogen-bond donors (Lipinski definition) is 8. The van der Waals surface area contributed by atoms with E-state index in [0.29, 0.717) is 19.4 Å².